The van der Waals surface area contributed by atoms with E-state index in [-0.39, 0.29) is 11.9 Å². The lowest BCUT2D eigenvalue weighted by atomic mass is 10.3. The minimum atomic E-state index is -0.137. The first-order chi connectivity index (χ1) is 9.08. The lowest BCUT2D eigenvalue weighted by Gasteiger charge is -2.20. The van der Waals surface area contributed by atoms with Gasteiger partial charge in [-0.25, -0.2) is 0 Å². The van der Waals surface area contributed by atoms with Crippen LogP contribution in [0.4, 0.5) is 0 Å². The Balaban J connectivity index is 1.81. The van der Waals surface area contributed by atoms with Crippen LogP contribution < -0.4 is 5.32 Å². The van der Waals surface area contributed by atoms with Crippen molar-refractivity contribution in [3.05, 3.63) is 18.0 Å². The van der Waals surface area contributed by atoms with Crippen LogP contribution >= 0.6 is 0 Å². The van der Waals surface area contributed by atoms with Gasteiger partial charge in [-0.05, 0) is 39.7 Å². The molecule has 2 rings (SSSR count). The zero-order valence-electron chi connectivity index (χ0n) is 12.1. The molecule has 106 valence electrons. The highest BCUT2D eigenvalue weighted by Gasteiger charge is 2.22. The van der Waals surface area contributed by atoms with Gasteiger partial charge in [0.1, 0.15) is 0 Å². The Kier molecular flexibility index (Phi) is 4.58. The fraction of sp³-hybridized carbons (Fsp3) is 0.714. The molecular weight excluding hydrogens is 240 g/mol. The number of nitrogens with zero attached hydrogens (tertiary/aromatic N) is 3. The molecule has 0 bridgehead atoms. The van der Waals surface area contributed by atoms with Gasteiger partial charge in [-0.3, -0.25) is 9.48 Å². The minimum absolute atomic E-state index is 0.137. The van der Waals surface area contributed by atoms with Crippen LogP contribution in [-0.2, 0) is 11.3 Å². The van der Waals surface area contributed by atoms with Gasteiger partial charge in [0.15, 0.2) is 0 Å². The highest BCUT2D eigenvalue weighted by atomic mass is 16.2. The first-order valence-electron chi connectivity index (χ1n) is 7.14. The average Bonchev–Trinajstić information content (AvgIpc) is 3.05. The molecule has 1 unspecified atom stereocenters. The van der Waals surface area contributed by atoms with E-state index < -0.39 is 0 Å². The van der Waals surface area contributed by atoms with Gasteiger partial charge in [0.25, 0.3) is 0 Å². The molecule has 1 fully saturated rings. The van der Waals surface area contributed by atoms with E-state index in [0.717, 1.165) is 31.6 Å². The fourth-order valence-electron chi connectivity index (χ4n) is 2.32. The molecule has 1 amide bonds. The standard InChI is InChI=1S/C14H24N4O/c1-11(2)18-9-6-13(16-18)10-15-12(3)14(19)17-7-4-5-8-17/h6,9,11-12,15H,4-5,7-8,10H2,1-3H3. The number of rotatable bonds is 5. The first-order valence-corrected chi connectivity index (χ1v) is 7.14. The summed E-state index contributed by atoms with van der Waals surface area (Å²) in [5.41, 5.74) is 0.981. The summed E-state index contributed by atoms with van der Waals surface area (Å²) in [6, 6.07) is 2.24. The number of hydrogen-bond donors (Lipinski definition) is 1. The first kappa shape index (κ1) is 14.1. The van der Waals surface area contributed by atoms with Crippen molar-refractivity contribution in [3.8, 4) is 0 Å². The molecule has 5 nitrogen and oxygen atoms in total. The van der Waals surface area contributed by atoms with E-state index >= 15 is 0 Å². The maximum atomic E-state index is 12.1. The lowest BCUT2D eigenvalue weighted by Crippen LogP contribution is -2.43. The van der Waals surface area contributed by atoms with Crippen LogP contribution in [0.25, 0.3) is 0 Å². The normalized spacial score (nSPS) is 17.2. The Morgan fingerprint density at radius 2 is 2.05 bits per heavy atom. The van der Waals surface area contributed by atoms with Crippen LogP contribution in [0.1, 0.15) is 45.3 Å². The van der Waals surface area contributed by atoms with Crippen molar-refractivity contribution in [1.29, 1.82) is 0 Å². The van der Waals surface area contributed by atoms with Gasteiger partial charge in [-0.15, -0.1) is 0 Å². The molecule has 5 heteroatoms. The molecule has 0 saturated carbocycles. The van der Waals surface area contributed by atoms with Crippen LogP contribution in [-0.4, -0.2) is 39.7 Å². The maximum absolute atomic E-state index is 12.1. The van der Waals surface area contributed by atoms with Crippen LogP contribution in [0.2, 0.25) is 0 Å². The molecule has 0 aliphatic carbocycles. The topological polar surface area (TPSA) is 50.2 Å². The number of carbonyl (C=O) groups is 1. The van der Waals surface area contributed by atoms with Crippen LogP contribution in [0.3, 0.4) is 0 Å². The van der Waals surface area contributed by atoms with E-state index in [2.05, 4.69) is 24.3 Å². The molecule has 1 aliphatic heterocycles. The Morgan fingerprint density at radius 1 is 1.37 bits per heavy atom. The molecule has 1 aliphatic rings. The average molecular weight is 264 g/mol. The second-order valence-corrected chi connectivity index (χ2v) is 5.52. The van der Waals surface area contributed by atoms with E-state index in [1.54, 1.807) is 0 Å². The Bertz CT molecular complexity index is 421. The highest BCUT2D eigenvalue weighted by Crippen LogP contribution is 2.09. The van der Waals surface area contributed by atoms with E-state index in [4.69, 9.17) is 0 Å². The number of aromatic nitrogens is 2. The van der Waals surface area contributed by atoms with Crippen molar-refractivity contribution in [2.24, 2.45) is 0 Å². The smallest absolute Gasteiger partial charge is 0.239 e. The predicted octanol–water partition coefficient (Wildman–Crippen LogP) is 1.56. The fourth-order valence-corrected chi connectivity index (χ4v) is 2.32. The molecular formula is C14H24N4O. The number of likely N-dealkylation sites (tertiary alicyclic amines) is 1. The van der Waals surface area contributed by atoms with Crippen LogP contribution in [0.15, 0.2) is 12.3 Å². The zero-order chi connectivity index (χ0) is 13.8. The van der Waals surface area contributed by atoms with Crippen molar-refractivity contribution in [2.45, 2.75) is 52.2 Å². The third-order valence-corrected chi connectivity index (χ3v) is 3.57. The van der Waals surface area contributed by atoms with Crippen molar-refractivity contribution < 1.29 is 4.79 Å². The molecule has 2 heterocycles. The minimum Gasteiger partial charge on any atom is -0.341 e. The summed E-state index contributed by atoms with van der Waals surface area (Å²) in [5.74, 6) is 0.209. The van der Waals surface area contributed by atoms with Gasteiger partial charge in [0.2, 0.25) is 5.91 Å². The Morgan fingerprint density at radius 3 is 2.63 bits per heavy atom. The van der Waals surface area contributed by atoms with E-state index in [1.165, 1.54) is 0 Å². The highest BCUT2D eigenvalue weighted by molar-refractivity contribution is 5.81. The largest absolute Gasteiger partial charge is 0.341 e. The van der Waals surface area contributed by atoms with E-state index in [0.29, 0.717) is 12.6 Å². The van der Waals surface area contributed by atoms with Gasteiger partial charge in [0, 0.05) is 31.9 Å². The summed E-state index contributed by atoms with van der Waals surface area (Å²) in [6.45, 7) is 8.59. The van der Waals surface area contributed by atoms with Crippen molar-refractivity contribution in [1.82, 2.24) is 20.0 Å². The predicted molar refractivity (Wildman–Crippen MR) is 74.7 cm³/mol. The van der Waals surface area contributed by atoms with Gasteiger partial charge < -0.3 is 10.2 Å². The number of hydrogen-bond acceptors (Lipinski definition) is 3. The third-order valence-electron chi connectivity index (χ3n) is 3.57. The molecule has 1 N–H and O–H groups in total. The monoisotopic (exact) mass is 264 g/mol. The molecule has 1 atom stereocenters. The SMILES string of the molecule is CC(NCc1ccn(C(C)C)n1)C(=O)N1CCCC1. The van der Waals surface area contributed by atoms with Gasteiger partial charge in [-0.2, -0.15) is 5.10 Å². The summed E-state index contributed by atoms with van der Waals surface area (Å²) in [5, 5.41) is 7.73. The number of nitrogens with one attached hydrogen (secondary N) is 1. The van der Waals surface area contributed by atoms with E-state index in [9.17, 15) is 4.79 Å². The summed E-state index contributed by atoms with van der Waals surface area (Å²) in [6.07, 6.45) is 4.25. The lowest BCUT2D eigenvalue weighted by molar-refractivity contribution is -0.131. The number of amides is 1. The molecule has 0 radical (unpaired) electrons. The molecule has 1 saturated heterocycles. The zero-order valence-corrected chi connectivity index (χ0v) is 12.1. The summed E-state index contributed by atoms with van der Waals surface area (Å²) in [4.78, 5) is 14.1. The second kappa shape index (κ2) is 6.19. The Hall–Kier alpha value is -1.36. The summed E-state index contributed by atoms with van der Waals surface area (Å²) in [7, 11) is 0. The van der Waals surface area contributed by atoms with Crippen LogP contribution in [0.5, 0.6) is 0 Å². The molecule has 19 heavy (non-hydrogen) atoms. The maximum Gasteiger partial charge on any atom is 0.239 e. The number of carbonyl (C=O) groups excluding carboxylic acids is 1. The Labute approximate surface area is 115 Å². The van der Waals surface area contributed by atoms with E-state index in [1.807, 2.05) is 28.8 Å². The van der Waals surface area contributed by atoms with Gasteiger partial charge in [0.05, 0.1) is 11.7 Å². The molecule has 1 aromatic rings. The summed E-state index contributed by atoms with van der Waals surface area (Å²) >= 11 is 0. The van der Waals surface area contributed by atoms with Gasteiger partial charge in [-0.1, -0.05) is 0 Å². The molecule has 1 aromatic heterocycles. The summed E-state index contributed by atoms with van der Waals surface area (Å²) < 4.78 is 1.93. The quantitative estimate of drug-likeness (QED) is 0.878. The third kappa shape index (κ3) is 3.56. The van der Waals surface area contributed by atoms with Crippen molar-refractivity contribution in [3.63, 3.8) is 0 Å². The van der Waals surface area contributed by atoms with Crippen LogP contribution in [0, 0.1) is 0 Å². The molecule has 0 spiro atoms. The van der Waals surface area contributed by atoms with Crippen molar-refractivity contribution in [2.75, 3.05) is 13.1 Å². The molecule has 0 aromatic carbocycles. The van der Waals surface area contributed by atoms with Gasteiger partial charge >= 0.3 is 0 Å². The second-order valence-electron chi connectivity index (χ2n) is 5.52. The van der Waals surface area contributed by atoms with Crippen molar-refractivity contribution >= 4 is 5.91 Å².